The molecule has 2 aliphatic heterocycles. The van der Waals surface area contributed by atoms with Crippen molar-refractivity contribution in [2.24, 2.45) is 5.92 Å². The van der Waals surface area contributed by atoms with E-state index in [2.05, 4.69) is 4.90 Å². The van der Waals surface area contributed by atoms with Gasteiger partial charge in [0.05, 0.1) is 17.1 Å². The molecule has 2 bridgehead atoms. The van der Waals surface area contributed by atoms with E-state index in [1.165, 1.54) is 18.4 Å². The van der Waals surface area contributed by atoms with Crippen LogP contribution in [0, 0.1) is 5.92 Å². The van der Waals surface area contributed by atoms with Crippen LogP contribution in [0.2, 0.25) is 0 Å². The van der Waals surface area contributed by atoms with Gasteiger partial charge >= 0.3 is 0 Å². The standard InChI is InChI=1S/C20H25NO4/c22-13-4-3-12-9-15-20(24)6-5-14(23)18-19(20,16(12)17(13)25-18)7-8-21(15)10-11-1-2-11/h3-4,11,14-15,18,22-24H,1-2,5-10H2/t14-,15+,18?,19?,20+/m1/s1. The number of phenols is 1. The van der Waals surface area contributed by atoms with Crippen molar-refractivity contribution < 1.29 is 20.1 Å². The molecule has 0 radical (unpaired) electrons. The quantitative estimate of drug-likeness (QED) is 0.755. The molecular formula is C20H25NO4. The average molecular weight is 343 g/mol. The number of aromatic hydroxyl groups is 1. The summed E-state index contributed by atoms with van der Waals surface area (Å²) in [5.41, 5.74) is 0.716. The van der Waals surface area contributed by atoms with Gasteiger partial charge in [-0.15, -0.1) is 0 Å². The Kier molecular flexibility index (Phi) is 2.67. The van der Waals surface area contributed by atoms with Crippen LogP contribution in [0.3, 0.4) is 0 Å². The normalized spacial score (nSPS) is 44.3. The molecule has 1 saturated heterocycles. The van der Waals surface area contributed by atoms with Crippen LogP contribution in [0.15, 0.2) is 12.1 Å². The molecule has 0 aromatic heterocycles. The van der Waals surface area contributed by atoms with E-state index in [-0.39, 0.29) is 11.8 Å². The summed E-state index contributed by atoms with van der Waals surface area (Å²) in [5.74, 6) is 1.44. The summed E-state index contributed by atoms with van der Waals surface area (Å²) in [6.45, 7) is 2.02. The zero-order valence-corrected chi connectivity index (χ0v) is 14.3. The number of hydrogen-bond acceptors (Lipinski definition) is 5. The van der Waals surface area contributed by atoms with Crippen LogP contribution in [0.4, 0.5) is 0 Å². The van der Waals surface area contributed by atoms with Gasteiger partial charge in [0.1, 0.15) is 6.10 Å². The molecule has 25 heavy (non-hydrogen) atoms. The summed E-state index contributed by atoms with van der Waals surface area (Å²) in [4.78, 5) is 2.51. The van der Waals surface area contributed by atoms with Gasteiger partial charge in [-0.1, -0.05) is 6.07 Å². The van der Waals surface area contributed by atoms with E-state index in [0.29, 0.717) is 18.6 Å². The van der Waals surface area contributed by atoms with E-state index in [4.69, 9.17) is 4.74 Å². The van der Waals surface area contributed by atoms with Crippen LogP contribution in [0.1, 0.15) is 43.2 Å². The molecule has 3 aliphatic carbocycles. The molecule has 5 aliphatic rings. The number of nitrogens with zero attached hydrogens (tertiary/aromatic N) is 1. The van der Waals surface area contributed by atoms with Crippen molar-refractivity contribution in [2.45, 2.75) is 67.8 Å². The molecular weight excluding hydrogens is 318 g/mol. The largest absolute Gasteiger partial charge is 0.504 e. The smallest absolute Gasteiger partial charge is 0.165 e. The fourth-order valence-corrected chi connectivity index (χ4v) is 6.46. The molecule has 1 aromatic carbocycles. The van der Waals surface area contributed by atoms with E-state index < -0.39 is 23.2 Å². The van der Waals surface area contributed by atoms with Crippen molar-refractivity contribution in [1.29, 1.82) is 0 Å². The van der Waals surface area contributed by atoms with Crippen LogP contribution in [-0.4, -0.2) is 57.2 Å². The molecule has 5 nitrogen and oxygen atoms in total. The van der Waals surface area contributed by atoms with Gasteiger partial charge in [0.2, 0.25) is 0 Å². The lowest BCUT2D eigenvalue weighted by Gasteiger charge is -2.63. The van der Waals surface area contributed by atoms with Gasteiger partial charge in [-0.05, 0) is 62.6 Å². The SMILES string of the molecule is Oc1ccc2c3c1OC1[C@H](O)CC[C@]4(O)[C@H](C2)N(CC2CC2)CCC314. The summed E-state index contributed by atoms with van der Waals surface area (Å²) in [6.07, 6.45) is 4.35. The fraction of sp³-hybridized carbons (Fsp3) is 0.700. The molecule has 3 N–H and O–H groups in total. The fourth-order valence-electron chi connectivity index (χ4n) is 6.46. The Balaban J connectivity index is 1.57. The third-order valence-electron chi connectivity index (χ3n) is 7.73. The molecule has 6 rings (SSSR count). The zero-order valence-electron chi connectivity index (χ0n) is 14.3. The minimum absolute atomic E-state index is 0.0865. The molecule has 1 aromatic rings. The molecule has 5 atom stereocenters. The van der Waals surface area contributed by atoms with Crippen LogP contribution in [-0.2, 0) is 11.8 Å². The average Bonchev–Trinajstić information content (AvgIpc) is 3.32. The van der Waals surface area contributed by atoms with E-state index in [1.807, 2.05) is 6.07 Å². The molecule has 134 valence electrons. The number of likely N-dealkylation sites (tertiary alicyclic amines) is 1. The highest BCUT2D eigenvalue weighted by atomic mass is 16.5. The predicted molar refractivity (Wildman–Crippen MR) is 90.8 cm³/mol. The third kappa shape index (κ3) is 1.61. The van der Waals surface area contributed by atoms with Gasteiger partial charge in [-0.25, -0.2) is 0 Å². The molecule has 1 spiro atoms. The second-order valence-corrected chi connectivity index (χ2v) is 8.90. The number of piperidine rings is 1. The van der Waals surface area contributed by atoms with Crippen molar-refractivity contribution in [3.05, 3.63) is 23.3 Å². The first-order valence-electron chi connectivity index (χ1n) is 9.71. The van der Waals surface area contributed by atoms with Gasteiger partial charge in [0.25, 0.3) is 0 Å². The lowest BCUT2D eigenvalue weighted by Crippen LogP contribution is -2.77. The molecule has 2 saturated carbocycles. The summed E-state index contributed by atoms with van der Waals surface area (Å²) in [5, 5.41) is 33.1. The Bertz CT molecular complexity index is 762. The Morgan fingerprint density at radius 2 is 2.04 bits per heavy atom. The van der Waals surface area contributed by atoms with E-state index in [9.17, 15) is 15.3 Å². The number of hydrogen-bond donors (Lipinski definition) is 3. The van der Waals surface area contributed by atoms with Crippen LogP contribution >= 0.6 is 0 Å². The number of aliphatic hydroxyl groups is 2. The van der Waals surface area contributed by atoms with Gasteiger partial charge in [-0.2, -0.15) is 0 Å². The van der Waals surface area contributed by atoms with Crippen LogP contribution in [0.25, 0.3) is 0 Å². The van der Waals surface area contributed by atoms with Crippen molar-refractivity contribution in [2.75, 3.05) is 13.1 Å². The first-order chi connectivity index (χ1) is 12.0. The van der Waals surface area contributed by atoms with Crippen molar-refractivity contribution in [3.8, 4) is 11.5 Å². The highest BCUT2D eigenvalue weighted by molar-refractivity contribution is 5.62. The topological polar surface area (TPSA) is 73.2 Å². The van der Waals surface area contributed by atoms with Gasteiger partial charge in [-0.3, -0.25) is 4.90 Å². The number of rotatable bonds is 2. The Labute approximate surface area is 147 Å². The summed E-state index contributed by atoms with van der Waals surface area (Å²) in [7, 11) is 0. The van der Waals surface area contributed by atoms with E-state index in [0.717, 1.165) is 37.4 Å². The molecule has 3 fully saturated rings. The zero-order chi connectivity index (χ0) is 17.0. The monoisotopic (exact) mass is 343 g/mol. The molecule has 5 heteroatoms. The maximum Gasteiger partial charge on any atom is 0.165 e. The Hall–Kier alpha value is -1.30. The third-order valence-corrected chi connectivity index (χ3v) is 7.73. The first-order valence-corrected chi connectivity index (χ1v) is 9.71. The van der Waals surface area contributed by atoms with Gasteiger partial charge in [0, 0.05) is 18.2 Å². The Morgan fingerprint density at radius 3 is 2.84 bits per heavy atom. The Morgan fingerprint density at radius 1 is 1.20 bits per heavy atom. The summed E-state index contributed by atoms with van der Waals surface area (Å²) >= 11 is 0. The minimum Gasteiger partial charge on any atom is -0.504 e. The highest BCUT2D eigenvalue weighted by Crippen LogP contribution is 2.65. The van der Waals surface area contributed by atoms with Crippen LogP contribution in [0.5, 0.6) is 11.5 Å². The van der Waals surface area contributed by atoms with Gasteiger partial charge < -0.3 is 20.1 Å². The summed E-state index contributed by atoms with van der Waals surface area (Å²) in [6, 6.07) is 3.79. The van der Waals surface area contributed by atoms with E-state index >= 15 is 0 Å². The van der Waals surface area contributed by atoms with E-state index in [1.54, 1.807) is 6.07 Å². The number of phenolic OH excluding ortho intramolecular Hbond substituents is 1. The number of benzene rings is 1. The van der Waals surface area contributed by atoms with Crippen molar-refractivity contribution in [1.82, 2.24) is 4.90 Å². The maximum atomic E-state index is 12.0. The molecule has 2 unspecified atom stereocenters. The van der Waals surface area contributed by atoms with Crippen molar-refractivity contribution in [3.63, 3.8) is 0 Å². The molecule has 0 amide bonds. The highest BCUT2D eigenvalue weighted by Gasteiger charge is 2.72. The van der Waals surface area contributed by atoms with Crippen molar-refractivity contribution >= 4 is 0 Å². The number of ether oxygens (including phenoxy) is 1. The number of aliphatic hydroxyl groups excluding tert-OH is 1. The maximum absolute atomic E-state index is 12.0. The first kappa shape index (κ1) is 14.8. The summed E-state index contributed by atoms with van der Waals surface area (Å²) < 4.78 is 6.14. The second kappa shape index (κ2) is 4.51. The minimum atomic E-state index is -0.879. The van der Waals surface area contributed by atoms with Gasteiger partial charge in [0.15, 0.2) is 11.5 Å². The lowest BCUT2D eigenvalue weighted by molar-refractivity contribution is -0.208. The predicted octanol–water partition coefficient (Wildman–Crippen LogP) is 1.32. The second-order valence-electron chi connectivity index (χ2n) is 8.90. The molecule has 2 heterocycles. The van der Waals surface area contributed by atoms with Crippen LogP contribution < -0.4 is 4.74 Å². The lowest BCUT2D eigenvalue weighted by atomic mass is 9.48.